The first-order valence-electron chi connectivity index (χ1n) is 12.6. The zero-order valence-electron chi connectivity index (χ0n) is 20.5. The summed E-state index contributed by atoms with van der Waals surface area (Å²) in [6.45, 7) is 4.46. The molecule has 3 aromatic rings. The number of benzene rings is 2. The molecule has 0 bridgehead atoms. The van der Waals surface area contributed by atoms with E-state index in [1.165, 1.54) is 17.7 Å². The largest absolute Gasteiger partial charge is 0.397 e. The number of hydrogen-bond donors (Lipinski definition) is 2. The van der Waals surface area contributed by atoms with Gasteiger partial charge in [-0.15, -0.1) is 0 Å². The monoisotopic (exact) mass is 488 g/mol. The molecule has 2 aliphatic rings. The van der Waals surface area contributed by atoms with Crippen molar-refractivity contribution in [3.05, 3.63) is 83.3 Å². The molecular formula is C29H33FN4O2. The molecule has 5 rings (SSSR count). The predicted octanol–water partition coefficient (Wildman–Crippen LogP) is 4.02. The summed E-state index contributed by atoms with van der Waals surface area (Å²) in [4.78, 5) is 22.4. The first-order valence-corrected chi connectivity index (χ1v) is 12.6. The van der Waals surface area contributed by atoms with Gasteiger partial charge >= 0.3 is 0 Å². The summed E-state index contributed by atoms with van der Waals surface area (Å²) in [5, 5.41) is 9.45. The van der Waals surface area contributed by atoms with Crippen molar-refractivity contribution in [3.63, 3.8) is 0 Å². The van der Waals surface area contributed by atoms with Gasteiger partial charge in [-0.25, -0.2) is 4.39 Å². The molecule has 3 N–H and O–H groups in total. The Kier molecular flexibility index (Phi) is 7.03. The topological polar surface area (TPSA) is 82.7 Å². The number of anilines is 1. The van der Waals surface area contributed by atoms with Crippen LogP contribution in [-0.2, 0) is 24.4 Å². The Hall–Kier alpha value is -3.29. The van der Waals surface area contributed by atoms with Crippen LogP contribution in [0.5, 0.6) is 0 Å². The van der Waals surface area contributed by atoms with Gasteiger partial charge in [-0.05, 0) is 73.3 Å². The highest BCUT2D eigenvalue weighted by Crippen LogP contribution is 2.39. The van der Waals surface area contributed by atoms with Gasteiger partial charge in [0.15, 0.2) is 0 Å². The standard InChI is InChI=1S/C29H33FN4O2/c30-24-7-5-23(6-8-24)26-10-9-25(31)27(32-26)16-28(36)34-14-12-29(20-34)11-2-13-33(19-29)17-21-3-1-4-22(15-21)18-35/h1,3-10,15,35H,2,11-14,16-20,31H2. The number of rotatable bonds is 6. The lowest BCUT2D eigenvalue weighted by molar-refractivity contribution is -0.130. The number of hydrogen-bond acceptors (Lipinski definition) is 5. The van der Waals surface area contributed by atoms with Crippen LogP contribution in [-0.4, -0.2) is 52.0 Å². The minimum atomic E-state index is -0.299. The summed E-state index contributed by atoms with van der Waals surface area (Å²) >= 11 is 0. The number of nitrogens with zero attached hydrogens (tertiary/aromatic N) is 3. The second kappa shape index (κ2) is 10.4. The number of aliphatic hydroxyl groups is 1. The lowest BCUT2D eigenvalue weighted by atomic mass is 9.79. The molecule has 1 aromatic heterocycles. The van der Waals surface area contributed by atoms with Crippen molar-refractivity contribution < 1.29 is 14.3 Å². The molecule has 3 heterocycles. The first-order chi connectivity index (χ1) is 17.4. The SMILES string of the molecule is Nc1ccc(-c2ccc(F)cc2)nc1CC(=O)N1CCC2(CCCN(Cc3cccc(CO)c3)C2)C1. The normalized spacial score (nSPS) is 20.2. The van der Waals surface area contributed by atoms with Gasteiger partial charge in [-0.2, -0.15) is 0 Å². The summed E-state index contributed by atoms with van der Waals surface area (Å²) < 4.78 is 13.3. The number of pyridine rings is 1. The molecule has 0 radical (unpaired) electrons. The number of carbonyl (C=O) groups is 1. The molecule has 1 spiro atoms. The van der Waals surface area contributed by atoms with E-state index < -0.39 is 0 Å². The van der Waals surface area contributed by atoms with Gasteiger partial charge in [-0.3, -0.25) is 14.7 Å². The molecule has 2 aliphatic heterocycles. The van der Waals surface area contributed by atoms with Crippen molar-refractivity contribution in [2.75, 3.05) is 31.9 Å². The minimum absolute atomic E-state index is 0.0510. The van der Waals surface area contributed by atoms with Gasteiger partial charge in [0.25, 0.3) is 0 Å². The quantitative estimate of drug-likeness (QED) is 0.548. The van der Waals surface area contributed by atoms with E-state index >= 15 is 0 Å². The van der Waals surface area contributed by atoms with Gasteiger partial charge in [0.2, 0.25) is 5.91 Å². The van der Waals surface area contributed by atoms with Crippen LogP contribution in [0, 0.1) is 11.2 Å². The van der Waals surface area contributed by atoms with Crippen LogP contribution in [0.3, 0.4) is 0 Å². The molecule has 1 amide bonds. The fourth-order valence-corrected chi connectivity index (χ4v) is 5.70. The highest BCUT2D eigenvalue weighted by molar-refractivity contribution is 5.80. The summed E-state index contributed by atoms with van der Waals surface area (Å²) in [6.07, 6.45) is 3.42. The van der Waals surface area contributed by atoms with Crippen LogP contribution in [0.1, 0.15) is 36.1 Å². The molecule has 1 atom stereocenters. The smallest absolute Gasteiger partial charge is 0.228 e. The van der Waals surface area contributed by atoms with E-state index in [4.69, 9.17) is 5.73 Å². The molecule has 36 heavy (non-hydrogen) atoms. The van der Waals surface area contributed by atoms with E-state index in [1.807, 2.05) is 17.0 Å². The molecule has 1 unspecified atom stereocenters. The van der Waals surface area contributed by atoms with Crippen molar-refractivity contribution >= 4 is 11.6 Å². The lowest BCUT2D eigenvalue weighted by Crippen LogP contribution is -2.45. The maximum Gasteiger partial charge on any atom is 0.228 e. The first kappa shape index (κ1) is 24.4. The van der Waals surface area contributed by atoms with E-state index in [9.17, 15) is 14.3 Å². The maximum atomic E-state index is 13.3. The van der Waals surface area contributed by atoms with Gasteiger partial charge in [0, 0.05) is 37.2 Å². The summed E-state index contributed by atoms with van der Waals surface area (Å²) in [5.74, 6) is -0.248. The number of piperidine rings is 1. The number of amides is 1. The zero-order chi connectivity index (χ0) is 25.1. The van der Waals surface area contributed by atoms with E-state index in [0.717, 1.165) is 63.1 Å². The summed E-state index contributed by atoms with van der Waals surface area (Å²) in [7, 11) is 0. The third-order valence-electron chi connectivity index (χ3n) is 7.58. The Morgan fingerprint density at radius 2 is 1.83 bits per heavy atom. The van der Waals surface area contributed by atoms with Crippen LogP contribution < -0.4 is 5.73 Å². The van der Waals surface area contributed by atoms with E-state index in [0.29, 0.717) is 17.1 Å². The van der Waals surface area contributed by atoms with Crippen LogP contribution in [0.25, 0.3) is 11.3 Å². The lowest BCUT2D eigenvalue weighted by Gasteiger charge is -2.40. The molecule has 2 saturated heterocycles. The van der Waals surface area contributed by atoms with Crippen molar-refractivity contribution in [2.24, 2.45) is 5.41 Å². The Balaban J connectivity index is 1.23. The molecule has 7 heteroatoms. The number of nitrogens with two attached hydrogens (primary N) is 1. The van der Waals surface area contributed by atoms with Crippen LogP contribution >= 0.6 is 0 Å². The van der Waals surface area contributed by atoms with Gasteiger partial charge in [-0.1, -0.05) is 24.3 Å². The zero-order valence-corrected chi connectivity index (χ0v) is 20.5. The highest BCUT2D eigenvalue weighted by Gasteiger charge is 2.42. The van der Waals surface area contributed by atoms with E-state index in [-0.39, 0.29) is 30.2 Å². The molecular weight excluding hydrogens is 455 g/mol. The number of aromatic nitrogens is 1. The minimum Gasteiger partial charge on any atom is -0.397 e. The Labute approximate surface area is 211 Å². The fourth-order valence-electron chi connectivity index (χ4n) is 5.70. The number of aliphatic hydroxyl groups excluding tert-OH is 1. The van der Waals surface area contributed by atoms with Crippen molar-refractivity contribution in [2.45, 2.75) is 38.8 Å². The van der Waals surface area contributed by atoms with E-state index in [1.54, 1.807) is 24.3 Å². The maximum absolute atomic E-state index is 13.3. The number of carbonyl (C=O) groups excluding carboxylic acids is 1. The Morgan fingerprint density at radius 1 is 1.03 bits per heavy atom. The van der Waals surface area contributed by atoms with Crippen LogP contribution in [0.2, 0.25) is 0 Å². The summed E-state index contributed by atoms with van der Waals surface area (Å²) in [6, 6.07) is 17.9. The van der Waals surface area contributed by atoms with Crippen molar-refractivity contribution in [3.8, 4) is 11.3 Å². The predicted molar refractivity (Wildman–Crippen MR) is 138 cm³/mol. The average molecular weight is 489 g/mol. The number of halogens is 1. The molecule has 0 aliphatic carbocycles. The van der Waals surface area contributed by atoms with Gasteiger partial charge in [0.05, 0.1) is 30.1 Å². The fraction of sp³-hybridized carbons (Fsp3) is 0.379. The third-order valence-corrected chi connectivity index (χ3v) is 7.58. The molecule has 2 fully saturated rings. The van der Waals surface area contributed by atoms with Gasteiger partial charge < -0.3 is 15.7 Å². The third kappa shape index (κ3) is 5.42. The van der Waals surface area contributed by atoms with Crippen molar-refractivity contribution in [1.82, 2.24) is 14.8 Å². The molecule has 188 valence electrons. The van der Waals surface area contributed by atoms with Gasteiger partial charge in [0.1, 0.15) is 5.82 Å². The number of nitrogen functional groups attached to an aromatic ring is 1. The average Bonchev–Trinajstić information content (AvgIpc) is 3.29. The second-order valence-electron chi connectivity index (χ2n) is 10.3. The molecule has 6 nitrogen and oxygen atoms in total. The highest BCUT2D eigenvalue weighted by atomic mass is 19.1. The van der Waals surface area contributed by atoms with Crippen molar-refractivity contribution in [1.29, 1.82) is 0 Å². The molecule has 0 saturated carbocycles. The van der Waals surface area contributed by atoms with Crippen LogP contribution in [0.15, 0.2) is 60.7 Å². The van der Waals surface area contributed by atoms with Crippen LogP contribution in [0.4, 0.5) is 10.1 Å². The number of likely N-dealkylation sites (tertiary alicyclic amines) is 2. The Morgan fingerprint density at radius 3 is 2.64 bits per heavy atom. The molecule has 2 aromatic carbocycles. The summed E-state index contributed by atoms with van der Waals surface area (Å²) in [5.41, 5.74) is 11.0. The second-order valence-corrected chi connectivity index (χ2v) is 10.3. The van der Waals surface area contributed by atoms with E-state index in [2.05, 4.69) is 22.0 Å². The Bertz CT molecular complexity index is 1230.